The summed E-state index contributed by atoms with van der Waals surface area (Å²) in [6.45, 7) is 10.8. The van der Waals surface area contributed by atoms with Crippen molar-refractivity contribution in [2.24, 2.45) is 0 Å². The molecular weight excluding hydrogens is 364 g/mol. The fourth-order valence-electron chi connectivity index (χ4n) is 3.63. The summed E-state index contributed by atoms with van der Waals surface area (Å²) in [5.41, 5.74) is 7.02. The fraction of sp³-hybridized carbons (Fsp3) is 0.739. The third-order valence-corrected chi connectivity index (χ3v) is 4.93. The van der Waals surface area contributed by atoms with E-state index in [9.17, 15) is 4.79 Å². The number of ether oxygens (including phenoxy) is 1. The Hall–Kier alpha value is -1.98. The van der Waals surface area contributed by atoms with Crippen LogP contribution in [0.1, 0.15) is 85.5 Å². The van der Waals surface area contributed by atoms with Gasteiger partial charge in [-0.25, -0.2) is 0 Å². The van der Waals surface area contributed by atoms with Gasteiger partial charge in [-0.1, -0.05) is 47.0 Å². The molecule has 6 nitrogen and oxygen atoms in total. The Kier molecular flexibility index (Phi) is 12.9. The molecular formula is C23H42N4O2. The third-order valence-electron chi connectivity index (χ3n) is 4.93. The molecule has 1 heterocycles. The van der Waals surface area contributed by atoms with Gasteiger partial charge in [-0.3, -0.25) is 4.79 Å². The van der Waals surface area contributed by atoms with Crippen molar-refractivity contribution in [3.8, 4) is 5.88 Å². The minimum Gasteiger partial charge on any atom is -0.478 e. The summed E-state index contributed by atoms with van der Waals surface area (Å²) in [4.78, 5) is 18.6. The highest BCUT2D eigenvalue weighted by molar-refractivity contribution is 5.76. The number of nitrogens with two attached hydrogens (primary N) is 1. The molecule has 2 rings (SSSR count). The van der Waals surface area contributed by atoms with E-state index in [2.05, 4.69) is 29.0 Å². The largest absolute Gasteiger partial charge is 0.478 e. The first-order chi connectivity index (χ1) is 14.1. The molecule has 0 atom stereocenters. The number of carbonyl (C=O) groups is 1. The molecule has 0 saturated heterocycles. The minimum atomic E-state index is 0.129. The molecule has 0 radical (unpaired) electrons. The first-order valence-electron chi connectivity index (χ1n) is 11.6. The number of nitrogens with zero attached hydrogens (tertiary/aromatic N) is 2. The summed E-state index contributed by atoms with van der Waals surface area (Å²) < 4.78 is 5.78. The molecule has 1 fully saturated rings. The lowest BCUT2D eigenvalue weighted by atomic mass is 9.95. The first kappa shape index (κ1) is 25.1. The van der Waals surface area contributed by atoms with E-state index in [1.807, 2.05) is 26.0 Å². The van der Waals surface area contributed by atoms with Crippen LogP contribution in [0.3, 0.4) is 0 Å². The molecule has 1 amide bonds. The van der Waals surface area contributed by atoms with E-state index in [-0.39, 0.29) is 5.91 Å². The summed E-state index contributed by atoms with van der Waals surface area (Å²) in [7, 11) is 0. The Labute approximate surface area is 177 Å². The summed E-state index contributed by atoms with van der Waals surface area (Å²) in [6.07, 6.45) is 9.30. The molecule has 0 spiro atoms. The van der Waals surface area contributed by atoms with Gasteiger partial charge in [0.05, 0.1) is 6.61 Å². The average molecular weight is 407 g/mol. The third kappa shape index (κ3) is 9.86. The van der Waals surface area contributed by atoms with Gasteiger partial charge >= 0.3 is 0 Å². The van der Waals surface area contributed by atoms with Crippen molar-refractivity contribution in [3.63, 3.8) is 0 Å². The highest BCUT2D eigenvalue weighted by Crippen LogP contribution is 2.23. The van der Waals surface area contributed by atoms with Crippen molar-refractivity contribution in [1.29, 1.82) is 0 Å². The molecule has 1 aliphatic rings. The Morgan fingerprint density at radius 3 is 2.45 bits per heavy atom. The van der Waals surface area contributed by atoms with Gasteiger partial charge in [0, 0.05) is 43.4 Å². The van der Waals surface area contributed by atoms with Crippen LogP contribution in [-0.2, 0) is 4.79 Å². The topological polar surface area (TPSA) is 80.5 Å². The van der Waals surface area contributed by atoms with E-state index in [1.165, 1.54) is 19.3 Å². The summed E-state index contributed by atoms with van der Waals surface area (Å²) >= 11 is 0. The van der Waals surface area contributed by atoms with Crippen molar-refractivity contribution in [3.05, 3.63) is 12.1 Å². The first-order valence-corrected chi connectivity index (χ1v) is 11.6. The highest BCUT2D eigenvalue weighted by atomic mass is 16.5. The van der Waals surface area contributed by atoms with Crippen molar-refractivity contribution < 1.29 is 9.53 Å². The normalized spacial score (nSPS) is 13.9. The van der Waals surface area contributed by atoms with Crippen molar-refractivity contribution in [1.82, 2.24) is 10.3 Å². The zero-order valence-electron chi connectivity index (χ0n) is 19.0. The predicted octanol–water partition coefficient (Wildman–Crippen LogP) is 4.92. The number of amides is 1. The maximum atomic E-state index is 12.1. The number of nitrogen functional groups attached to an aromatic ring is 1. The molecule has 166 valence electrons. The molecule has 0 unspecified atom stereocenters. The van der Waals surface area contributed by atoms with E-state index in [0.29, 0.717) is 37.2 Å². The van der Waals surface area contributed by atoms with Crippen LogP contribution in [0.25, 0.3) is 0 Å². The maximum absolute atomic E-state index is 12.1. The Balaban J connectivity index is 0.00000204. The molecule has 1 saturated carbocycles. The van der Waals surface area contributed by atoms with Crippen LogP contribution >= 0.6 is 0 Å². The Bertz CT molecular complexity index is 568. The molecule has 6 heteroatoms. The summed E-state index contributed by atoms with van der Waals surface area (Å²) in [5.74, 6) is 1.13. The molecule has 0 bridgehead atoms. The van der Waals surface area contributed by atoms with Crippen LogP contribution in [-0.4, -0.2) is 36.6 Å². The van der Waals surface area contributed by atoms with Gasteiger partial charge in [0.25, 0.3) is 0 Å². The van der Waals surface area contributed by atoms with Gasteiger partial charge in [0.1, 0.15) is 5.82 Å². The molecule has 0 aromatic carbocycles. The predicted molar refractivity (Wildman–Crippen MR) is 123 cm³/mol. The number of pyridine rings is 1. The van der Waals surface area contributed by atoms with Gasteiger partial charge in [-0.2, -0.15) is 4.98 Å². The van der Waals surface area contributed by atoms with Crippen LogP contribution < -0.4 is 20.7 Å². The monoisotopic (exact) mass is 406 g/mol. The zero-order valence-corrected chi connectivity index (χ0v) is 19.0. The van der Waals surface area contributed by atoms with Gasteiger partial charge in [0.2, 0.25) is 11.8 Å². The number of hydrogen-bond acceptors (Lipinski definition) is 5. The van der Waals surface area contributed by atoms with Crippen LogP contribution in [0.5, 0.6) is 5.88 Å². The van der Waals surface area contributed by atoms with E-state index >= 15 is 0 Å². The number of anilines is 2. The second-order valence-electron chi connectivity index (χ2n) is 7.43. The van der Waals surface area contributed by atoms with Gasteiger partial charge < -0.3 is 20.7 Å². The van der Waals surface area contributed by atoms with Crippen molar-refractivity contribution in [2.45, 2.75) is 91.5 Å². The molecule has 1 aromatic rings. The van der Waals surface area contributed by atoms with E-state index in [4.69, 9.17) is 10.5 Å². The molecule has 3 N–H and O–H groups in total. The van der Waals surface area contributed by atoms with E-state index in [1.54, 1.807) is 0 Å². The van der Waals surface area contributed by atoms with Crippen molar-refractivity contribution >= 4 is 17.4 Å². The second kappa shape index (κ2) is 14.9. The molecule has 29 heavy (non-hydrogen) atoms. The van der Waals surface area contributed by atoms with Crippen LogP contribution in [0.15, 0.2) is 12.1 Å². The maximum Gasteiger partial charge on any atom is 0.220 e. The SMILES string of the molecule is CC.CCCN(CCC)c1cc(N)nc(OCCCC(=O)NC2CCCCC2)c1. The van der Waals surface area contributed by atoms with Gasteiger partial charge in [-0.05, 0) is 32.1 Å². The lowest BCUT2D eigenvalue weighted by Gasteiger charge is -2.24. The molecule has 0 aliphatic heterocycles. The van der Waals surface area contributed by atoms with Crippen molar-refractivity contribution in [2.75, 3.05) is 30.3 Å². The fourth-order valence-corrected chi connectivity index (χ4v) is 3.63. The number of aromatic nitrogens is 1. The molecule has 1 aromatic heterocycles. The average Bonchev–Trinajstić information content (AvgIpc) is 2.73. The van der Waals surface area contributed by atoms with Crippen LogP contribution in [0, 0.1) is 0 Å². The lowest BCUT2D eigenvalue weighted by Crippen LogP contribution is -2.36. The van der Waals surface area contributed by atoms with E-state index < -0.39 is 0 Å². The van der Waals surface area contributed by atoms with E-state index in [0.717, 1.165) is 44.5 Å². The Morgan fingerprint density at radius 2 is 1.83 bits per heavy atom. The smallest absolute Gasteiger partial charge is 0.220 e. The number of nitrogens with one attached hydrogen (secondary N) is 1. The van der Waals surface area contributed by atoms with Gasteiger partial charge in [-0.15, -0.1) is 0 Å². The van der Waals surface area contributed by atoms with Crippen LogP contribution in [0.4, 0.5) is 11.5 Å². The second-order valence-corrected chi connectivity index (χ2v) is 7.43. The number of hydrogen-bond donors (Lipinski definition) is 2. The number of carbonyl (C=O) groups excluding carboxylic acids is 1. The number of rotatable bonds is 11. The van der Waals surface area contributed by atoms with Crippen LogP contribution in [0.2, 0.25) is 0 Å². The van der Waals surface area contributed by atoms with Gasteiger partial charge in [0.15, 0.2) is 0 Å². The Morgan fingerprint density at radius 1 is 1.17 bits per heavy atom. The zero-order chi connectivity index (χ0) is 21.5. The summed E-state index contributed by atoms with van der Waals surface area (Å²) in [6, 6.07) is 4.22. The quantitative estimate of drug-likeness (QED) is 0.510. The highest BCUT2D eigenvalue weighted by Gasteiger charge is 2.15. The molecule has 1 aliphatic carbocycles. The summed E-state index contributed by atoms with van der Waals surface area (Å²) in [5, 5.41) is 3.14. The lowest BCUT2D eigenvalue weighted by molar-refractivity contribution is -0.122. The standard InChI is InChI=1S/C21H36N4O2.C2H6/c1-3-12-25(13-4-2)18-15-19(22)24-21(16-18)27-14-8-11-20(26)23-17-9-6-5-7-10-17;1-2/h15-17H,3-14H2,1-2H3,(H2,22,24)(H,23,26);1-2H3. The minimum absolute atomic E-state index is 0.129.